The Balaban J connectivity index is 2.16. The summed E-state index contributed by atoms with van der Waals surface area (Å²) in [4.78, 5) is 0. The Bertz CT molecular complexity index is 283. The van der Waals surface area contributed by atoms with Gasteiger partial charge in [0, 0.05) is 0 Å². The van der Waals surface area contributed by atoms with Gasteiger partial charge in [0.15, 0.2) is 0 Å². The van der Waals surface area contributed by atoms with Crippen LogP contribution in [-0.4, -0.2) is 40.2 Å². The molecule has 1 aliphatic rings. The molecule has 0 radical (unpaired) electrons. The van der Waals surface area contributed by atoms with E-state index >= 15 is 0 Å². The molecule has 0 saturated carbocycles. The molecule has 5 nitrogen and oxygen atoms in total. The minimum absolute atomic E-state index is 0.324. The zero-order valence-electron chi connectivity index (χ0n) is 7.41. The molecule has 1 aromatic rings. The van der Waals surface area contributed by atoms with Crippen molar-refractivity contribution in [1.82, 2.24) is 0 Å². The first-order valence-corrected chi connectivity index (χ1v) is 4.40. The quantitative estimate of drug-likeness (QED) is 0.595. The molecule has 1 saturated heterocycles. The van der Waals surface area contributed by atoms with Crippen LogP contribution in [0.25, 0.3) is 0 Å². The normalized spacial score (nSPS) is 37.6. The lowest BCUT2D eigenvalue weighted by Crippen LogP contribution is -2.32. The number of hydrogen-bond donors (Lipinski definition) is 3. The first-order chi connectivity index (χ1) is 6.74. The SMILES string of the molecule is OC[C@H]1O[C@H](c2ccco2)[C@H](O)[C@@H]1O. The van der Waals surface area contributed by atoms with E-state index in [4.69, 9.17) is 14.3 Å². The lowest BCUT2D eigenvalue weighted by molar-refractivity contribution is -0.0290. The van der Waals surface area contributed by atoms with Gasteiger partial charge < -0.3 is 24.5 Å². The fourth-order valence-corrected chi connectivity index (χ4v) is 1.59. The van der Waals surface area contributed by atoms with Gasteiger partial charge in [-0.25, -0.2) is 0 Å². The Morgan fingerprint density at radius 1 is 1.29 bits per heavy atom. The van der Waals surface area contributed by atoms with Crippen molar-refractivity contribution in [3.63, 3.8) is 0 Å². The van der Waals surface area contributed by atoms with Gasteiger partial charge in [-0.3, -0.25) is 0 Å². The summed E-state index contributed by atoms with van der Waals surface area (Å²) in [5.74, 6) is 0.451. The standard InChI is InChI=1S/C9H12O5/c10-4-6-7(11)8(12)9(14-6)5-2-1-3-13-5/h1-3,6-12H,4H2/t6-,7-,8-,9-/m1/s1. The van der Waals surface area contributed by atoms with Crippen LogP contribution in [0.4, 0.5) is 0 Å². The zero-order valence-corrected chi connectivity index (χ0v) is 7.41. The molecule has 78 valence electrons. The van der Waals surface area contributed by atoms with Gasteiger partial charge in [0.2, 0.25) is 0 Å². The summed E-state index contributed by atoms with van der Waals surface area (Å²) in [5, 5.41) is 27.9. The van der Waals surface area contributed by atoms with Crippen molar-refractivity contribution < 1.29 is 24.5 Å². The Morgan fingerprint density at radius 3 is 2.57 bits per heavy atom. The third-order valence-corrected chi connectivity index (χ3v) is 2.37. The van der Waals surface area contributed by atoms with E-state index in [0.29, 0.717) is 5.76 Å². The predicted octanol–water partition coefficient (Wildman–Crippen LogP) is -0.566. The van der Waals surface area contributed by atoms with Gasteiger partial charge in [0.1, 0.15) is 30.2 Å². The molecule has 2 rings (SSSR count). The average Bonchev–Trinajstić information content (AvgIpc) is 2.78. The van der Waals surface area contributed by atoms with Gasteiger partial charge in [-0.05, 0) is 12.1 Å². The lowest BCUT2D eigenvalue weighted by atomic mass is 10.1. The molecule has 1 fully saturated rings. The topological polar surface area (TPSA) is 83.1 Å². The fraction of sp³-hybridized carbons (Fsp3) is 0.556. The largest absolute Gasteiger partial charge is 0.466 e. The van der Waals surface area contributed by atoms with Gasteiger partial charge in [-0.1, -0.05) is 0 Å². The number of ether oxygens (including phenoxy) is 1. The van der Waals surface area contributed by atoms with Crippen LogP contribution in [0.15, 0.2) is 22.8 Å². The summed E-state index contributed by atoms with van der Waals surface area (Å²) in [7, 11) is 0. The Labute approximate surface area is 80.5 Å². The predicted molar refractivity (Wildman–Crippen MR) is 45.4 cm³/mol. The van der Waals surface area contributed by atoms with E-state index < -0.39 is 24.4 Å². The Morgan fingerprint density at radius 2 is 2.07 bits per heavy atom. The maximum atomic E-state index is 9.58. The number of aliphatic hydroxyl groups is 3. The number of rotatable bonds is 2. The molecular weight excluding hydrogens is 188 g/mol. The average molecular weight is 200 g/mol. The second kappa shape index (κ2) is 3.70. The summed E-state index contributed by atoms with van der Waals surface area (Å²) in [6.07, 6.45) is -2.12. The van der Waals surface area contributed by atoms with E-state index in [1.165, 1.54) is 6.26 Å². The highest BCUT2D eigenvalue weighted by Gasteiger charge is 2.44. The van der Waals surface area contributed by atoms with E-state index in [9.17, 15) is 10.2 Å². The smallest absolute Gasteiger partial charge is 0.144 e. The molecule has 0 aliphatic carbocycles. The summed E-state index contributed by atoms with van der Waals surface area (Å²) in [5.41, 5.74) is 0. The highest BCUT2D eigenvalue weighted by atomic mass is 16.6. The van der Waals surface area contributed by atoms with E-state index in [0.717, 1.165) is 0 Å². The third kappa shape index (κ3) is 1.44. The van der Waals surface area contributed by atoms with Crippen molar-refractivity contribution in [2.24, 2.45) is 0 Å². The van der Waals surface area contributed by atoms with Crippen LogP contribution in [-0.2, 0) is 4.74 Å². The van der Waals surface area contributed by atoms with Crippen LogP contribution in [0.5, 0.6) is 0 Å². The highest BCUT2D eigenvalue weighted by molar-refractivity contribution is 5.08. The second-order valence-corrected chi connectivity index (χ2v) is 3.27. The maximum absolute atomic E-state index is 9.58. The number of furan rings is 1. The molecule has 14 heavy (non-hydrogen) atoms. The molecule has 1 aliphatic heterocycles. The van der Waals surface area contributed by atoms with Crippen molar-refractivity contribution >= 4 is 0 Å². The minimum Gasteiger partial charge on any atom is -0.466 e. The molecule has 3 N–H and O–H groups in total. The summed E-state index contributed by atoms with van der Waals surface area (Å²) in [6.45, 7) is -0.324. The van der Waals surface area contributed by atoms with Crippen LogP contribution in [0.1, 0.15) is 11.9 Å². The molecule has 2 heterocycles. The summed E-state index contributed by atoms with van der Waals surface area (Å²) < 4.78 is 10.3. The van der Waals surface area contributed by atoms with Crippen LogP contribution < -0.4 is 0 Å². The number of hydrogen-bond acceptors (Lipinski definition) is 5. The van der Waals surface area contributed by atoms with E-state index in [1.807, 2.05) is 0 Å². The zero-order chi connectivity index (χ0) is 10.1. The molecule has 0 unspecified atom stereocenters. The second-order valence-electron chi connectivity index (χ2n) is 3.27. The maximum Gasteiger partial charge on any atom is 0.144 e. The van der Waals surface area contributed by atoms with Crippen LogP contribution in [0, 0.1) is 0 Å². The molecule has 0 bridgehead atoms. The van der Waals surface area contributed by atoms with Crippen molar-refractivity contribution in [1.29, 1.82) is 0 Å². The van der Waals surface area contributed by atoms with E-state index in [-0.39, 0.29) is 6.61 Å². The Kier molecular flexibility index (Phi) is 2.56. The third-order valence-electron chi connectivity index (χ3n) is 2.37. The molecule has 4 atom stereocenters. The van der Waals surface area contributed by atoms with Crippen molar-refractivity contribution in [3.8, 4) is 0 Å². The highest BCUT2D eigenvalue weighted by Crippen LogP contribution is 2.33. The molecule has 1 aromatic heterocycles. The molecular formula is C9H12O5. The minimum atomic E-state index is -1.07. The van der Waals surface area contributed by atoms with Crippen LogP contribution in [0.2, 0.25) is 0 Å². The fourth-order valence-electron chi connectivity index (χ4n) is 1.59. The first kappa shape index (κ1) is 9.67. The summed E-state index contributed by atoms with van der Waals surface area (Å²) in [6, 6.07) is 3.32. The van der Waals surface area contributed by atoms with E-state index in [1.54, 1.807) is 12.1 Å². The molecule has 0 spiro atoms. The van der Waals surface area contributed by atoms with Gasteiger partial charge >= 0.3 is 0 Å². The summed E-state index contributed by atoms with van der Waals surface area (Å²) >= 11 is 0. The molecule has 0 aromatic carbocycles. The Hall–Kier alpha value is -0.880. The van der Waals surface area contributed by atoms with Crippen molar-refractivity contribution in [3.05, 3.63) is 24.2 Å². The van der Waals surface area contributed by atoms with Gasteiger partial charge in [-0.15, -0.1) is 0 Å². The monoisotopic (exact) mass is 200 g/mol. The number of aliphatic hydroxyl groups excluding tert-OH is 3. The van der Waals surface area contributed by atoms with Crippen LogP contribution in [0.3, 0.4) is 0 Å². The van der Waals surface area contributed by atoms with Crippen LogP contribution >= 0.6 is 0 Å². The lowest BCUT2D eigenvalue weighted by Gasteiger charge is -2.11. The van der Waals surface area contributed by atoms with Crippen molar-refractivity contribution in [2.75, 3.05) is 6.61 Å². The van der Waals surface area contributed by atoms with Gasteiger partial charge in [0.05, 0.1) is 12.9 Å². The van der Waals surface area contributed by atoms with Crippen molar-refractivity contribution in [2.45, 2.75) is 24.4 Å². The molecule has 0 amide bonds. The van der Waals surface area contributed by atoms with E-state index in [2.05, 4.69) is 0 Å². The van der Waals surface area contributed by atoms with Gasteiger partial charge in [0.25, 0.3) is 0 Å². The van der Waals surface area contributed by atoms with Gasteiger partial charge in [-0.2, -0.15) is 0 Å². The first-order valence-electron chi connectivity index (χ1n) is 4.40. The molecule has 5 heteroatoms.